The smallest absolute Gasteiger partial charge is 0.0730 e. The summed E-state index contributed by atoms with van der Waals surface area (Å²) in [5, 5.41) is 3.54. The van der Waals surface area contributed by atoms with Gasteiger partial charge in [0.2, 0.25) is 0 Å². The van der Waals surface area contributed by atoms with Crippen molar-refractivity contribution in [1.29, 1.82) is 0 Å². The second kappa shape index (κ2) is 8.57. The summed E-state index contributed by atoms with van der Waals surface area (Å²) in [5.74, 6) is 1.72. The predicted molar refractivity (Wildman–Crippen MR) is 85.6 cm³/mol. The van der Waals surface area contributed by atoms with Gasteiger partial charge in [0.1, 0.15) is 0 Å². The van der Waals surface area contributed by atoms with E-state index in [2.05, 4.69) is 10.2 Å². The molecule has 0 spiro atoms. The maximum absolute atomic E-state index is 6.08. The average Bonchev–Trinajstić information content (AvgIpc) is 2.49. The van der Waals surface area contributed by atoms with Crippen LogP contribution in [0.5, 0.6) is 0 Å². The van der Waals surface area contributed by atoms with E-state index in [4.69, 9.17) is 4.74 Å². The summed E-state index contributed by atoms with van der Waals surface area (Å²) in [7, 11) is 0. The van der Waals surface area contributed by atoms with E-state index in [-0.39, 0.29) is 12.4 Å². The Morgan fingerprint density at radius 3 is 2.65 bits per heavy atom. The van der Waals surface area contributed by atoms with E-state index in [0.717, 1.165) is 25.0 Å². The average molecular weight is 303 g/mol. The maximum Gasteiger partial charge on any atom is 0.0730 e. The highest BCUT2D eigenvalue weighted by atomic mass is 35.5. The molecule has 20 heavy (non-hydrogen) atoms. The molecule has 2 atom stereocenters. The van der Waals surface area contributed by atoms with Gasteiger partial charge in [-0.2, -0.15) is 0 Å². The minimum Gasteiger partial charge on any atom is -0.375 e. The standard InChI is InChI=1S/C16H30N2O.ClH/c1-2-6-15(7-3-1)16-13-18(9-10-19-16)12-14-5-4-8-17-11-14;/h14-17H,1-13H2;1H. The summed E-state index contributed by atoms with van der Waals surface area (Å²) in [4.78, 5) is 2.68. The number of hydrogen-bond donors (Lipinski definition) is 1. The third kappa shape index (κ3) is 4.59. The van der Waals surface area contributed by atoms with Crippen molar-refractivity contribution >= 4 is 12.4 Å². The first kappa shape index (κ1) is 16.5. The van der Waals surface area contributed by atoms with Gasteiger partial charge in [0.25, 0.3) is 0 Å². The summed E-state index contributed by atoms with van der Waals surface area (Å²) in [6.07, 6.45) is 10.4. The number of halogens is 1. The highest BCUT2D eigenvalue weighted by Crippen LogP contribution is 2.29. The summed E-state index contributed by atoms with van der Waals surface area (Å²) in [6, 6.07) is 0. The normalized spacial score (nSPS) is 33.6. The molecule has 3 nitrogen and oxygen atoms in total. The molecule has 3 aliphatic rings. The largest absolute Gasteiger partial charge is 0.375 e. The van der Waals surface area contributed by atoms with Gasteiger partial charge in [-0.3, -0.25) is 4.90 Å². The minimum absolute atomic E-state index is 0. The quantitative estimate of drug-likeness (QED) is 0.867. The molecule has 0 aromatic carbocycles. The van der Waals surface area contributed by atoms with Gasteiger partial charge < -0.3 is 10.1 Å². The van der Waals surface area contributed by atoms with Crippen LogP contribution in [0.2, 0.25) is 0 Å². The van der Waals surface area contributed by atoms with Crippen molar-refractivity contribution in [3.63, 3.8) is 0 Å². The first-order chi connectivity index (χ1) is 9.42. The van der Waals surface area contributed by atoms with Crippen molar-refractivity contribution in [2.24, 2.45) is 11.8 Å². The molecule has 2 heterocycles. The molecule has 0 bridgehead atoms. The first-order valence-electron chi connectivity index (χ1n) is 8.46. The molecular weight excluding hydrogens is 272 g/mol. The van der Waals surface area contributed by atoms with Crippen LogP contribution in [-0.4, -0.2) is 50.3 Å². The molecule has 2 aliphatic heterocycles. The zero-order valence-electron chi connectivity index (χ0n) is 12.7. The number of rotatable bonds is 3. The van der Waals surface area contributed by atoms with Gasteiger partial charge in [0.05, 0.1) is 12.7 Å². The fourth-order valence-corrected chi connectivity index (χ4v) is 4.13. The molecule has 4 heteroatoms. The third-order valence-corrected chi connectivity index (χ3v) is 5.27. The van der Waals surface area contributed by atoms with Gasteiger partial charge >= 0.3 is 0 Å². The fraction of sp³-hybridized carbons (Fsp3) is 1.00. The second-order valence-corrected chi connectivity index (χ2v) is 6.78. The van der Waals surface area contributed by atoms with Crippen LogP contribution in [0.3, 0.4) is 0 Å². The lowest BCUT2D eigenvalue weighted by Crippen LogP contribution is -2.49. The monoisotopic (exact) mass is 302 g/mol. The van der Waals surface area contributed by atoms with E-state index in [1.807, 2.05) is 0 Å². The van der Waals surface area contributed by atoms with E-state index in [0.29, 0.717) is 6.10 Å². The van der Waals surface area contributed by atoms with Crippen LogP contribution in [-0.2, 0) is 4.74 Å². The van der Waals surface area contributed by atoms with Crippen LogP contribution in [0.25, 0.3) is 0 Å². The number of piperidine rings is 1. The van der Waals surface area contributed by atoms with Crippen LogP contribution in [0.4, 0.5) is 0 Å². The Labute approximate surface area is 130 Å². The topological polar surface area (TPSA) is 24.5 Å². The molecule has 2 saturated heterocycles. The van der Waals surface area contributed by atoms with Crippen molar-refractivity contribution in [1.82, 2.24) is 10.2 Å². The Morgan fingerprint density at radius 2 is 1.90 bits per heavy atom. The molecule has 0 radical (unpaired) electrons. The molecule has 118 valence electrons. The van der Waals surface area contributed by atoms with Crippen LogP contribution in [0.1, 0.15) is 44.9 Å². The molecule has 0 aromatic heterocycles. The molecule has 0 aromatic rings. The number of nitrogens with one attached hydrogen (secondary N) is 1. The fourth-order valence-electron chi connectivity index (χ4n) is 4.13. The number of hydrogen-bond acceptors (Lipinski definition) is 3. The van der Waals surface area contributed by atoms with Crippen molar-refractivity contribution in [2.75, 3.05) is 39.3 Å². The number of morpholine rings is 1. The van der Waals surface area contributed by atoms with Crippen LogP contribution in [0, 0.1) is 11.8 Å². The molecule has 1 N–H and O–H groups in total. The third-order valence-electron chi connectivity index (χ3n) is 5.27. The Hall–Kier alpha value is 0.170. The Bertz CT molecular complexity index is 265. The second-order valence-electron chi connectivity index (χ2n) is 6.78. The molecule has 2 unspecified atom stereocenters. The molecule has 1 saturated carbocycles. The zero-order valence-corrected chi connectivity index (χ0v) is 13.5. The van der Waals surface area contributed by atoms with Gasteiger partial charge in [0, 0.05) is 19.6 Å². The minimum atomic E-state index is 0. The van der Waals surface area contributed by atoms with Crippen molar-refractivity contribution in [3.05, 3.63) is 0 Å². The van der Waals surface area contributed by atoms with Crippen LogP contribution < -0.4 is 5.32 Å². The van der Waals surface area contributed by atoms with E-state index in [9.17, 15) is 0 Å². The van der Waals surface area contributed by atoms with Gasteiger partial charge in [-0.05, 0) is 50.6 Å². The summed E-state index contributed by atoms with van der Waals surface area (Å²) in [6.45, 7) is 7.05. The highest BCUT2D eigenvalue weighted by molar-refractivity contribution is 5.85. The SMILES string of the molecule is C1CCC(C2CN(CC3CCCNC3)CCO2)CC1.Cl. The van der Waals surface area contributed by atoms with E-state index in [1.165, 1.54) is 71.1 Å². The Morgan fingerprint density at radius 1 is 1.05 bits per heavy atom. The first-order valence-corrected chi connectivity index (χ1v) is 8.46. The number of nitrogens with zero attached hydrogens (tertiary/aromatic N) is 1. The lowest BCUT2D eigenvalue weighted by atomic mass is 9.84. The lowest BCUT2D eigenvalue weighted by molar-refractivity contribution is -0.0684. The van der Waals surface area contributed by atoms with Crippen molar-refractivity contribution < 1.29 is 4.74 Å². The van der Waals surface area contributed by atoms with Crippen LogP contribution >= 0.6 is 12.4 Å². The zero-order chi connectivity index (χ0) is 12.9. The molecule has 3 rings (SSSR count). The lowest BCUT2D eigenvalue weighted by Gasteiger charge is -2.40. The van der Waals surface area contributed by atoms with Gasteiger partial charge in [0.15, 0.2) is 0 Å². The molecule has 1 aliphatic carbocycles. The van der Waals surface area contributed by atoms with E-state index >= 15 is 0 Å². The van der Waals surface area contributed by atoms with E-state index < -0.39 is 0 Å². The summed E-state index contributed by atoms with van der Waals surface area (Å²) in [5.41, 5.74) is 0. The van der Waals surface area contributed by atoms with Crippen molar-refractivity contribution in [3.8, 4) is 0 Å². The molecule has 3 fully saturated rings. The van der Waals surface area contributed by atoms with Crippen molar-refractivity contribution in [2.45, 2.75) is 51.0 Å². The van der Waals surface area contributed by atoms with Gasteiger partial charge in [-0.1, -0.05) is 19.3 Å². The predicted octanol–water partition coefficient (Wildman–Crippen LogP) is 2.69. The summed E-state index contributed by atoms with van der Waals surface area (Å²) < 4.78 is 6.08. The van der Waals surface area contributed by atoms with Gasteiger partial charge in [-0.15, -0.1) is 12.4 Å². The van der Waals surface area contributed by atoms with E-state index in [1.54, 1.807) is 0 Å². The maximum atomic E-state index is 6.08. The van der Waals surface area contributed by atoms with Gasteiger partial charge in [-0.25, -0.2) is 0 Å². The molecule has 0 amide bonds. The number of ether oxygens (including phenoxy) is 1. The van der Waals surface area contributed by atoms with Crippen LogP contribution in [0.15, 0.2) is 0 Å². The molecular formula is C16H31ClN2O. The Kier molecular flexibility index (Phi) is 7.09. The summed E-state index contributed by atoms with van der Waals surface area (Å²) >= 11 is 0. The highest BCUT2D eigenvalue weighted by Gasteiger charge is 2.30. The Balaban J connectivity index is 0.00000147.